The normalized spacial score (nSPS) is 10.2. The lowest BCUT2D eigenvalue weighted by molar-refractivity contribution is 0.0948. The van der Waals surface area contributed by atoms with Crippen LogP contribution in [-0.4, -0.2) is 16.0 Å². The molecule has 2 rings (SSSR count). The molecule has 6 nitrogen and oxygen atoms in total. The summed E-state index contributed by atoms with van der Waals surface area (Å²) in [5.74, 6) is 0.802. The van der Waals surface area contributed by atoms with Gasteiger partial charge in [-0.15, -0.1) is 0 Å². The topological polar surface area (TPSA) is 81.2 Å². The van der Waals surface area contributed by atoms with Gasteiger partial charge in [-0.05, 0) is 13.0 Å². The first-order valence-electron chi connectivity index (χ1n) is 4.35. The van der Waals surface area contributed by atoms with Crippen molar-refractivity contribution >= 4 is 5.91 Å². The molecule has 0 saturated heterocycles. The van der Waals surface area contributed by atoms with Crippen molar-refractivity contribution in [3.05, 3.63) is 35.9 Å². The molecule has 0 saturated carbocycles. The van der Waals surface area contributed by atoms with Crippen LogP contribution in [0.4, 0.5) is 0 Å². The summed E-state index contributed by atoms with van der Waals surface area (Å²) in [6.07, 6.45) is 2.68. The summed E-state index contributed by atoms with van der Waals surface area (Å²) in [6, 6.07) is 1.61. The van der Waals surface area contributed by atoms with Gasteiger partial charge < -0.3 is 14.3 Å². The lowest BCUT2D eigenvalue weighted by Crippen LogP contribution is -2.23. The molecule has 15 heavy (non-hydrogen) atoms. The van der Waals surface area contributed by atoms with Gasteiger partial charge in [0.25, 0.3) is 5.91 Å². The maximum absolute atomic E-state index is 11.6. The minimum absolute atomic E-state index is 0.217. The van der Waals surface area contributed by atoms with E-state index in [0.717, 1.165) is 0 Å². The first kappa shape index (κ1) is 9.45. The van der Waals surface area contributed by atoms with Crippen LogP contribution in [0.3, 0.4) is 0 Å². The molecule has 0 aliphatic rings. The zero-order valence-corrected chi connectivity index (χ0v) is 8.06. The first-order valence-corrected chi connectivity index (χ1v) is 4.35. The SMILES string of the molecule is Cc1occc1C(=O)NCc1ncon1. The average Bonchev–Trinajstić information content (AvgIpc) is 2.84. The maximum atomic E-state index is 11.6. The van der Waals surface area contributed by atoms with Crippen LogP contribution in [0.2, 0.25) is 0 Å². The number of carbonyl (C=O) groups is 1. The molecule has 2 heterocycles. The van der Waals surface area contributed by atoms with Crippen LogP contribution in [0.25, 0.3) is 0 Å². The Kier molecular flexibility index (Phi) is 2.49. The smallest absolute Gasteiger partial charge is 0.255 e. The third-order valence-corrected chi connectivity index (χ3v) is 1.92. The van der Waals surface area contributed by atoms with E-state index < -0.39 is 0 Å². The molecule has 0 unspecified atom stereocenters. The standard InChI is InChI=1S/C9H9N3O3/c1-6-7(2-3-14-6)9(13)10-4-8-11-5-15-12-8/h2-3,5H,4H2,1H3,(H,10,13). The number of aryl methyl sites for hydroxylation is 1. The van der Waals surface area contributed by atoms with Crippen LogP contribution in [0.15, 0.2) is 27.7 Å². The Hall–Kier alpha value is -2.11. The molecule has 2 aromatic rings. The van der Waals surface area contributed by atoms with Gasteiger partial charge in [0.05, 0.1) is 18.4 Å². The average molecular weight is 207 g/mol. The van der Waals surface area contributed by atoms with E-state index >= 15 is 0 Å². The Morgan fingerprint density at radius 1 is 1.60 bits per heavy atom. The van der Waals surface area contributed by atoms with Crippen LogP contribution in [0, 0.1) is 6.92 Å². The number of aromatic nitrogens is 2. The van der Waals surface area contributed by atoms with Gasteiger partial charge >= 0.3 is 0 Å². The molecule has 0 aromatic carbocycles. The molecule has 6 heteroatoms. The number of amides is 1. The van der Waals surface area contributed by atoms with Crippen molar-refractivity contribution in [3.63, 3.8) is 0 Å². The van der Waals surface area contributed by atoms with Crippen molar-refractivity contribution in [1.29, 1.82) is 0 Å². The number of nitrogens with one attached hydrogen (secondary N) is 1. The Balaban J connectivity index is 1.96. The fraction of sp³-hybridized carbons (Fsp3) is 0.222. The highest BCUT2D eigenvalue weighted by Gasteiger charge is 2.11. The highest BCUT2D eigenvalue weighted by molar-refractivity contribution is 5.94. The summed E-state index contributed by atoms with van der Waals surface area (Å²) in [5.41, 5.74) is 0.512. The van der Waals surface area contributed by atoms with Gasteiger partial charge in [0, 0.05) is 0 Å². The molecular formula is C9H9N3O3. The van der Waals surface area contributed by atoms with Crippen molar-refractivity contribution in [1.82, 2.24) is 15.5 Å². The molecular weight excluding hydrogens is 198 g/mol. The van der Waals surface area contributed by atoms with Crippen LogP contribution in [-0.2, 0) is 6.54 Å². The number of carbonyl (C=O) groups excluding carboxylic acids is 1. The van der Waals surface area contributed by atoms with Gasteiger partial charge in [0.15, 0.2) is 5.82 Å². The molecule has 1 N–H and O–H groups in total. The van der Waals surface area contributed by atoms with E-state index in [0.29, 0.717) is 17.1 Å². The van der Waals surface area contributed by atoms with Crippen molar-refractivity contribution in [2.75, 3.05) is 0 Å². The second kappa shape index (κ2) is 3.95. The van der Waals surface area contributed by atoms with Crippen LogP contribution in [0.1, 0.15) is 21.9 Å². The molecule has 0 aliphatic carbocycles. The number of nitrogens with zero attached hydrogens (tertiary/aromatic N) is 2. The van der Waals surface area contributed by atoms with Crippen molar-refractivity contribution in [2.45, 2.75) is 13.5 Å². The van der Waals surface area contributed by atoms with E-state index in [1.165, 1.54) is 12.7 Å². The number of furan rings is 1. The van der Waals surface area contributed by atoms with Crippen LogP contribution in [0.5, 0.6) is 0 Å². The first-order chi connectivity index (χ1) is 7.27. The van der Waals surface area contributed by atoms with Crippen molar-refractivity contribution < 1.29 is 13.7 Å². The highest BCUT2D eigenvalue weighted by atomic mass is 16.5. The number of rotatable bonds is 3. The molecule has 0 bridgehead atoms. The Morgan fingerprint density at radius 2 is 2.47 bits per heavy atom. The number of hydrogen-bond acceptors (Lipinski definition) is 5. The monoisotopic (exact) mass is 207 g/mol. The Morgan fingerprint density at radius 3 is 3.07 bits per heavy atom. The van der Waals surface area contributed by atoms with E-state index in [1.807, 2.05) is 0 Å². The zero-order chi connectivity index (χ0) is 10.7. The van der Waals surface area contributed by atoms with Crippen molar-refractivity contribution in [3.8, 4) is 0 Å². The van der Waals surface area contributed by atoms with E-state index in [2.05, 4.69) is 20.0 Å². The molecule has 0 fully saturated rings. The summed E-state index contributed by atoms with van der Waals surface area (Å²) in [5, 5.41) is 6.21. The predicted octanol–water partition coefficient (Wildman–Crippen LogP) is 0.901. The van der Waals surface area contributed by atoms with Gasteiger partial charge in [0.2, 0.25) is 6.39 Å². The van der Waals surface area contributed by atoms with Gasteiger partial charge in [-0.2, -0.15) is 4.98 Å². The van der Waals surface area contributed by atoms with Gasteiger partial charge in [0.1, 0.15) is 5.76 Å². The van der Waals surface area contributed by atoms with Crippen LogP contribution >= 0.6 is 0 Å². The molecule has 1 amide bonds. The fourth-order valence-electron chi connectivity index (χ4n) is 1.15. The second-order valence-electron chi connectivity index (χ2n) is 2.92. The highest BCUT2D eigenvalue weighted by Crippen LogP contribution is 2.08. The van der Waals surface area contributed by atoms with Gasteiger partial charge in [-0.1, -0.05) is 5.16 Å². The zero-order valence-electron chi connectivity index (χ0n) is 8.06. The summed E-state index contributed by atoms with van der Waals surface area (Å²) < 4.78 is 9.54. The molecule has 78 valence electrons. The maximum Gasteiger partial charge on any atom is 0.255 e. The molecule has 0 aliphatic heterocycles. The largest absolute Gasteiger partial charge is 0.469 e. The minimum atomic E-state index is -0.217. The minimum Gasteiger partial charge on any atom is -0.469 e. The summed E-state index contributed by atoms with van der Waals surface area (Å²) >= 11 is 0. The van der Waals surface area contributed by atoms with E-state index in [9.17, 15) is 4.79 Å². The lowest BCUT2D eigenvalue weighted by Gasteiger charge is -1.99. The van der Waals surface area contributed by atoms with E-state index in [-0.39, 0.29) is 12.5 Å². The second-order valence-corrected chi connectivity index (χ2v) is 2.92. The van der Waals surface area contributed by atoms with Crippen molar-refractivity contribution in [2.24, 2.45) is 0 Å². The molecule has 0 radical (unpaired) electrons. The third-order valence-electron chi connectivity index (χ3n) is 1.92. The lowest BCUT2D eigenvalue weighted by atomic mass is 10.2. The Labute approximate surface area is 85.3 Å². The van der Waals surface area contributed by atoms with Gasteiger partial charge in [-0.3, -0.25) is 4.79 Å². The van der Waals surface area contributed by atoms with E-state index in [4.69, 9.17) is 4.42 Å². The molecule has 0 atom stereocenters. The predicted molar refractivity (Wildman–Crippen MR) is 48.9 cm³/mol. The Bertz CT molecular complexity index is 447. The molecule has 0 spiro atoms. The third kappa shape index (κ3) is 2.04. The molecule has 2 aromatic heterocycles. The quantitative estimate of drug-likeness (QED) is 0.808. The number of hydrogen-bond donors (Lipinski definition) is 1. The summed E-state index contributed by atoms with van der Waals surface area (Å²) in [6.45, 7) is 1.96. The summed E-state index contributed by atoms with van der Waals surface area (Å²) in [7, 11) is 0. The fourth-order valence-corrected chi connectivity index (χ4v) is 1.15. The van der Waals surface area contributed by atoms with E-state index in [1.54, 1.807) is 13.0 Å². The summed E-state index contributed by atoms with van der Waals surface area (Å²) in [4.78, 5) is 15.3. The van der Waals surface area contributed by atoms with Gasteiger partial charge in [-0.25, -0.2) is 0 Å². The van der Waals surface area contributed by atoms with Crippen LogP contribution < -0.4 is 5.32 Å².